The van der Waals surface area contributed by atoms with Gasteiger partial charge in [-0.05, 0) is 31.5 Å². The molecule has 4 heterocycles. The molecule has 4 rings (SSSR count). The third kappa shape index (κ3) is 3.76. The lowest BCUT2D eigenvalue weighted by molar-refractivity contribution is -0.201. The lowest BCUT2D eigenvalue weighted by Gasteiger charge is -2.53. The predicted octanol–water partition coefficient (Wildman–Crippen LogP) is 2.07. The Morgan fingerprint density at radius 2 is 2.24 bits per heavy atom. The first kappa shape index (κ1) is 16.7. The molecule has 2 aliphatic heterocycles. The van der Waals surface area contributed by atoms with Crippen molar-refractivity contribution in [3.63, 3.8) is 0 Å². The Morgan fingerprint density at radius 3 is 2.96 bits per heavy atom. The van der Waals surface area contributed by atoms with Crippen molar-refractivity contribution in [1.82, 2.24) is 19.7 Å². The van der Waals surface area contributed by atoms with Gasteiger partial charge in [-0.1, -0.05) is 6.07 Å². The summed E-state index contributed by atoms with van der Waals surface area (Å²) < 4.78 is 14.2. The SMILES string of the molecule is Cc1cc(CN2CC3(C[C@H](OCc4ccccn4)CCO3)C2)n(C)n1. The molecule has 0 saturated carbocycles. The van der Waals surface area contributed by atoms with Crippen molar-refractivity contribution in [2.24, 2.45) is 7.05 Å². The van der Waals surface area contributed by atoms with Gasteiger partial charge in [0.25, 0.3) is 0 Å². The molecule has 1 atom stereocenters. The molecule has 0 radical (unpaired) electrons. The standard InChI is InChI=1S/C19H26N4O2/c1-15-9-17(22(2)21-15)11-23-13-19(14-23)10-18(6-8-25-19)24-12-16-5-3-4-7-20-16/h3-5,7,9,18H,6,8,10-14H2,1-2H3/t18-/m1/s1. The maximum absolute atomic E-state index is 6.13. The van der Waals surface area contributed by atoms with Crippen LogP contribution in [0.1, 0.15) is 29.9 Å². The average molecular weight is 342 g/mol. The van der Waals surface area contributed by atoms with Crippen LogP contribution in [0.2, 0.25) is 0 Å². The minimum Gasteiger partial charge on any atom is -0.372 e. The van der Waals surface area contributed by atoms with E-state index < -0.39 is 0 Å². The third-order valence-corrected chi connectivity index (χ3v) is 5.15. The topological polar surface area (TPSA) is 52.4 Å². The van der Waals surface area contributed by atoms with Crippen molar-refractivity contribution >= 4 is 0 Å². The van der Waals surface area contributed by atoms with Gasteiger partial charge in [0.2, 0.25) is 0 Å². The van der Waals surface area contributed by atoms with Crippen LogP contribution < -0.4 is 0 Å². The molecule has 25 heavy (non-hydrogen) atoms. The molecule has 2 aliphatic rings. The number of aryl methyl sites for hydroxylation is 2. The van der Waals surface area contributed by atoms with Crippen molar-refractivity contribution in [3.05, 3.63) is 47.5 Å². The molecule has 134 valence electrons. The van der Waals surface area contributed by atoms with Crippen LogP contribution in [0.25, 0.3) is 0 Å². The number of nitrogens with zero attached hydrogens (tertiary/aromatic N) is 4. The quantitative estimate of drug-likeness (QED) is 0.833. The summed E-state index contributed by atoms with van der Waals surface area (Å²) in [5.74, 6) is 0. The van der Waals surface area contributed by atoms with Gasteiger partial charge < -0.3 is 9.47 Å². The zero-order valence-electron chi connectivity index (χ0n) is 15.0. The average Bonchev–Trinajstić information content (AvgIpc) is 2.90. The first-order chi connectivity index (χ1) is 12.1. The van der Waals surface area contributed by atoms with Crippen LogP contribution in [0.4, 0.5) is 0 Å². The van der Waals surface area contributed by atoms with Gasteiger partial charge in [-0.25, -0.2) is 0 Å². The lowest BCUT2D eigenvalue weighted by Crippen LogP contribution is -2.65. The maximum Gasteiger partial charge on any atom is 0.0959 e. The van der Waals surface area contributed by atoms with Crippen molar-refractivity contribution in [1.29, 1.82) is 0 Å². The van der Waals surface area contributed by atoms with Gasteiger partial charge >= 0.3 is 0 Å². The van der Waals surface area contributed by atoms with Gasteiger partial charge in [-0.2, -0.15) is 5.10 Å². The minimum atomic E-state index is -0.0271. The largest absolute Gasteiger partial charge is 0.372 e. The number of aromatic nitrogens is 3. The Kier molecular flexibility index (Phi) is 4.58. The third-order valence-electron chi connectivity index (χ3n) is 5.15. The van der Waals surface area contributed by atoms with Crippen LogP contribution in [0.3, 0.4) is 0 Å². The molecule has 0 unspecified atom stereocenters. The zero-order valence-corrected chi connectivity index (χ0v) is 15.0. The van der Waals surface area contributed by atoms with E-state index >= 15 is 0 Å². The second kappa shape index (κ2) is 6.86. The molecule has 2 aromatic rings. The van der Waals surface area contributed by atoms with Gasteiger partial charge in [-0.15, -0.1) is 0 Å². The van der Waals surface area contributed by atoms with E-state index in [4.69, 9.17) is 9.47 Å². The highest BCUT2D eigenvalue weighted by atomic mass is 16.5. The smallest absolute Gasteiger partial charge is 0.0959 e. The van der Waals surface area contributed by atoms with E-state index in [1.54, 1.807) is 0 Å². The first-order valence-electron chi connectivity index (χ1n) is 8.99. The molecule has 2 aromatic heterocycles. The molecule has 0 bridgehead atoms. The van der Waals surface area contributed by atoms with Crippen molar-refractivity contribution in [2.75, 3.05) is 19.7 Å². The van der Waals surface area contributed by atoms with E-state index in [2.05, 4.69) is 21.0 Å². The number of pyridine rings is 1. The fourth-order valence-corrected chi connectivity index (χ4v) is 3.95. The second-order valence-electron chi connectivity index (χ2n) is 7.32. The van der Waals surface area contributed by atoms with Crippen LogP contribution in [-0.4, -0.2) is 51.1 Å². The van der Waals surface area contributed by atoms with Crippen LogP contribution >= 0.6 is 0 Å². The van der Waals surface area contributed by atoms with E-state index in [-0.39, 0.29) is 11.7 Å². The molecule has 6 nitrogen and oxygen atoms in total. The van der Waals surface area contributed by atoms with Gasteiger partial charge in [-0.3, -0.25) is 14.6 Å². The minimum absolute atomic E-state index is 0.0271. The molecule has 0 aliphatic carbocycles. The summed E-state index contributed by atoms with van der Waals surface area (Å²) in [7, 11) is 2.01. The molecular weight excluding hydrogens is 316 g/mol. The fraction of sp³-hybridized carbons (Fsp3) is 0.579. The Balaban J connectivity index is 1.28. The van der Waals surface area contributed by atoms with Crippen molar-refractivity contribution < 1.29 is 9.47 Å². The molecule has 2 fully saturated rings. The Morgan fingerprint density at radius 1 is 1.36 bits per heavy atom. The molecule has 0 amide bonds. The monoisotopic (exact) mass is 342 g/mol. The number of rotatable bonds is 5. The van der Waals surface area contributed by atoms with Gasteiger partial charge in [0.1, 0.15) is 0 Å². The summed E-state index contributed by atoms with van der Waals surface area (Å²) in [5, 5.41) is 4.42. The second-order valence-corrected chi connectivity index (χ2v) is 7.32. The fourth-order valence-electron chi connectivity index (χ4n) is 3.95. The van der Waals surface area contributed by atoms with E-state index in [9.17, 15) is 0 Å². The molecule has 6 heteroatoms. The van der Waals surface area contributed by atoms with Gasteiger partial charge in [0.05, 0.1) is 35.4 Å². The summed E-state index contributed by atoms with van der Waals surface area (Å²) >= 11 is 0. The highest BCUT2D eigenvalue weighted by molar-refractivity contribution is 5.11. The van der Waals surface area contributed by atoms with Gasteiger partial charge in [0.15, 0.2) is 0 Å². The van der Waals surface area contributed by atoms with Crippen molar-refractivity contribution in [3.8, 4) is 0 Å². The van der Waals surface area contributed by atoms with Crippen LogP contribution in [0.5, 0.6) is 0 Å². The van der Waals surface area contributed by atoms with E-state index in [1.165, 1.54) is 5.69 Å². The Labute approximate surface area is 148 Å². The highest BCUT2D eigenvalue weighted by Gasteiger charge is 2.47. The number of hydrogen-bond donors (Lipinski definition) is 0. The summed E-state index contributed by atoms with van der Waals surface area (Å²) in [6, 6.07) is 8.10. The normalized spacial score (nSPS) is 22.9. The molecule has 2 saturated heterocycles. The zero-order chi connectivity index (χ0) is 17.3. The first-order valence-corrected chi connectivity index (χ1v) is 8.99. The van der Waals surface area contributed by atoms with Gasteiger partial charge in [0, 0.05) is 45.9 Å². The van der Waals surface area contributed by atoms with Crippen LogP contribution in [0, 0.1) is 6.92 Å². The Bertz CT molecular complexity index is 709. The number of likely N-dealkylation sites (tertiary alicyclic amines) is 1. The maximum atomic E-state index is 6.13. The number of hydrogen-bond acceptors (Lipinski definition) is 5. The van der Waals surface area contributed by atoms with Crippen molar-refractivity contribution in [2.45, 2.75) is 44.6 Å². The summed E-state index contributed by atoms with van der Waals surface area (Å²) in [4.78, 5) is 6.76. The van der Waals surface area contributed by atoms with Crippen LogP contribution in [0.15, 0.2) is 30.5 Å². The summed E-state index contributed by atoms with van der Waals surface area (Å²) in [6.07, 6.45) is 4.02. The molecule has 0 N–H and O–H groups in total. The summed E-state index contributed by atoms with van der Waals surface area (Å²) in [5.41, 5.74) is 3.29. The van der Waals surface area contributed by atoms with E-state index in [0.717, 1.165) is 50.5 Å². The summed E-state index contributed by atoms with van der Waals surface area (Å²) in [6.45, 7) is 6.28. The predicted molar refractivity (Wildman–Crippen MR) is 94.0 cm³/mol. The molecule has 0 aromatic carbocycles. The van der Waals surface area contributed by atoms with Crippen LogP contribution in [-0.2, 0) is 29.7 Å². The lowest BCUT2D eigenvalue weighted by atomic mass is 9.84. The van der Waals surface area contributed by atoms with E-state index in [0.29, 0.717) is 6.61 Å². The molecular formula is C19H26N4O2. The van der Waals surface area contributed by atoms with E-state index in [1.807, 2.05) is 43.0 Å². The number of ether oxygens (including phenoxy) is 2. The molecule has 1 spiro atoms. The Hall–Kier alpha value is -1.76. The highest BCUT2D eigenvalue weighted by Crippen LogP contribution is 2.36.